The molecule has 1 aromatic heterocycles. The van der Waals surface area contributed by atoms with Gasteiger partial charge >= 0.3 is 5.97 Å². The number of ether oxygens (including phenoxy) is 3. The summed E-state index contributed by atoms with van der Waals surface area (Å²) in [6.45, 7) is 6.96. The topological polar surface area (TPSA) is 86.1 Å². The highest BCUT2D eigenvalue weighted by molar-refractivity contribution is 5.86. The summed E-state index contributed by atoms with van der Waals surface area (Å²) >= 11 is 0. The molecule has 23 heavy (non-hydrogen) atoms. The number of rotatable bonds is 3. The van der Waals surface area contributed by atoms with Crippen molar-refractivity contribution in [1.29, 1.82) is 0 Å². The standard InChI is InChI=1S/C15H23N3O5/c1-11(13-17-12(7-23-13)14(19)20-2)18-4-6-22-10-15(8-18)9-21-5-3-16-15/h7,11,16H,3-6,8-10H2,1-2H3. The Balaban J connectivity index is 1.73. The van der Waals surface area contributed by atoms with Crippen LogP contribution in [0, 0.1) is 0 Å². The van der Waals surface area contributed by atoms with E-state index in [1.54, 1.807) is 0 Å². The molecule has 0 saturated carbocycles. The Morgan fingerprint density at radius 1 is 1.43 bits per heavy atom. The van der Waals surface area contributed by atoms with Gasteiger partial charge in [-0.3, -0.25) is 4.90 Å². The summed E-state index contributed by atoms with van der Waals surface area (Å²) in [7, 11) is 1.32. The second-order valence-corrected chi connectivity index (χ2v) is 6.02. The van der Waals surface area contributed by atoms with Crippen molar-refractivity contribution in [2.45, 2.75) is 18.5 Å². The number of nitrogens with one attached hydrogen (secondary N) is 1. The number of carbonyl (C=O) groups is 1. The van der Waals surface area contributed by atoms with E-state index < -0.39 is 5.97 Å². The molecule has 0 amide bonds. The zero-order chi connectivity index (χ0) is 16.3. The Morgan fingerprint density at radius 3 is 2.96 bits per heavy atom. The number of nitrogens with zero attached hydrogens (tertiary/aromatic N) is 2. The van der Waals surface area contributed by atoms with Gasteiger partial charge in [-0.1, -0.05) is 0 Å². The minimum Gasteiger partial charge on any atom is -0.464 e. The van der Waals surface area contributed by atoms with Crippen molar-refractivity contribution in [3.63, 3.8) is 0 Å². The molecule has 0 aromatic carbocycles. The first kappa shape index (κ1) is 16.4. The van der Waals surface area contributed by atoms with Crippen LogP contribution in [0.15, 0.2) is 10.7 Å². The summed E-state index contributed by atoms with van der Waals surface area (Å²) in [5.74, 6) is 0.00407. The Bertz CT molecular complexity index is 541. The lowest BCUT2D eigenvalue weighted by molar-refractivity contribution is -0.0182. The van der Waals surface area contributed by atoms with Gasteiger partial charge in [-0.15, -0.1) is 0 Å². The maximum atomic E-state index is 11.5. The van der Waals surface area contributed by atoms with Gasteiger partial charge in [0.2, 0.25) is 5.89 Å². The first-order valence-corrected chi connectivity index (χ1v) is 7.82. The number of aromatic nitrogens is 1. The molecule has 2 saturated heterocycles. The molecule has 1 spiro atoms. The molecule has 8 heteroatoms. The van der Waals surface area contributed by atoms with Crippen LogP contribution in [0.25, 0.3) is 0 Å². The summed E-state index contributed by atoms with van der Waals surface area (Å²) in [5, 5.41) is 3.53. The fourth-order valence-electron chi connectivity index (χ4n) is 3.03. The molecule has 2 aliphatic rings. The second-order valence-electron chi connectivity index (χ2n) is 6.02. The van der Waals surface area contributed by atoms with E-state index >= 15 is 0 Å². The number of hydrogen-bond donors (Lipinski definition) is 1. The number of oxazole rings is 1. The zero-order valence-electron chi connectivity index (χ0n) is 13.5. The van der Waals surface area contributed by atoms with Gasteiger partial charge in [0.1, 0.15) is 6.26 Å². The molecular formula is C15H23N3O5. The van der Waals surface area contributed by atoms with Crippen molar-refractivity contribution >= 4 is 5.97 Å². The van der Waals surface area contributed by atoms with Crippen molar-refractivity contribution in [1.82, 2.24) is 15.2 Å². The van der Waals surface area contributed by atoms with Gasteiger partial charge in [0.05, 0.1) is 45.1 Å². The van der Waals surface area contributed by atoms with E-state index in [1.807, 2.05) is 6.92 Å². The third kappa shape index (κ3) is 3.55. The number of morpholine rings is 1. The molecule has 3 heterocycles. The van der Waals surface area contributed by atoms with E-state index in [1.165, 1.54) is 13.4 Å². The SMILES string of the molecule is COC(=O)c1coc(C(C)N2CCOCC3(COCCN3)C2)n1. The molecule has 0 bridgehead atoms. The maximum Gasteiger partial charge on any atom is 0.360 e. The molecule has 2 atom stereocenters. The average Bonchev–Trinajstić information content (AvgIpc) is 2.99. The largest absolute Gasteiger partial charge is 0.464 e. The summed E-state index contributed by atoms with van der Waals surface area (Å²) < 4.78 is 21.5. The van der Waals surface area contributed by atoms with Crippen LogP contribution in [0.1, 0.15) is 29.3 Å². The lowest BCUT2D eigenvalue weighted by Crippen LogP contribution is -2.62. The van der Waals surface area contributed by atoms with E-state index in [0.717, 1.165) is 26.2 Å². The molecule has 8 nitrogen and oxygen atoms in total. The van der Waals surface area contributed by atoms with Crippen LogP contribution < -0.4 is 5.32 Å². The van der Waals surface area contributed by atoms with Crippen LogP contribution in [0.4, 0.5) is 0 Å². The minimum atomic E-state index is -0.495. The van der Waals surface area contributed by atoms with Crippen LogP contribution in [0.3, 0.4) is 0 Å². The van der Waals surface area contributed by atoms with Gasteiger partial charge in [0.25, 0.3) is 0 Å². The zero-order valence-corrected chi connectivity index (χ0v) is 13.5. The maximum absolute atomic E-state index is 11.5. The normalized spacial score (nSPS) is 27.6. The van der Waals surface area contributed by atoms with E-state index in [9.17, 15) is 4.79 Å². The Hall–Kier alpha value is -1.48. The highest BCUT2D eigenvalue weighted by atomic mass is 16.5. The van der Waals surface area contributed by atoms with Crippen molar-refractivity contribution in [3.05, 3.63) is 17.8 Å². The van der Waals surface area contributed by atoms with E-state index in [0.29, 0.717) is 25.7 Å². The monoisotopic (exact) mass is 325 g/mol. The molecular weight excluding hydrogens is 302 g/mol. The van der Waals surface area contributed by atoms with Gasteiger partial charge in [0.15, 0.2) is 5.69 Å². The molecule has 3 rings (SSSR count). The number of esters is 1. The fourth-order valence-corrected chi connectivity index (χ4v) is 3.03. The molecule has 2 aliphatic heterocycles. The van der Waals surface area contributed by atoms with Crippen LogP contribution >= 0.6 is 0 Å². The van der Waals surface area contributed by atoms with E-state index in [2.05, 4.69) is 19.9 Å². The third-order valence-electron chi connectivity index (χ3n) is 4.35. The van der Waals surface area contributed by atoms with Crippen LogP contribution in [0.5, 0.6) is 0 Å². The molecule has 1 N–H and O–H groups in total. The first-order chi connectivity index (χ1) is 11.1. The molecule has 1 aromatic rings. The van der Waals surface area contributed by atoms with E-state index in [4.69, 9.17) is 13.9 Å². The van der Waals surface area contributed by atoms with Gasteiger partial charge in [0, 0.05) is 19.6 Å². The molecule has 2 unspecified atom stereocenters. The molecule has 0 aliphatic carbocycles. The number of methoxy groups -OCH3 is 1. The Labute approximate surface area is 135 Å². The highest BCUT2D eigenvalue weighted by Gasteiger charge is 2.38. The van der Waals surface area contributed by atoms with Crippen LogP contribution in [-0.2, 0) is 14.2 Å². The van der Waals surface area contributed by atoms with Gasteiger partial charge in [-0.25, -0.2) is 9.78 Å². The van der Waals surface area contributed by atoms with Crippen molar-refractivity contribution < 1.29 is 23.4 Å². The molecule has 128 valence electrons. The van der Waals surface area contributed by atoms with Gasteiger partial charge in [-0.05, 0) is 6.92 Å². The lowest BCUT2D eigenvalue weighted by Gasteiger charge is -2.40. The number of hydrogen-bond acceptors (Lipinski definition) is 8. The van der Waals surface area contributed by atoms with Crippen molar-refractivity contribution in [3.8, 4) is 0 Å². The first-order valence-electron chi connectivity index (χ1n) is 7.82. The highest BCUT2D eigenvalue weighted by Crippen LogP contribution is 2.25. The molecule has 0 radical (unpaired) electrons. The van der Waals surface area contributed by atoms with Crippen molar-refractivity contribution in [2.24, 2.45) is 0 Å². The summed E-state index contributed by atoms with van der Waals surface area (Å²) in [4.78, 5) is 18.0. The fraction of sp³-hybridized carbons (Fsp3) is 0.733. The summed E-state index contributed by atoms with van der Waals surface area (Å²) in [6, 6.07) is -0.0734. The molecule has 2 fully saturated rings. The van der Waals surface area contributed by atoms with Crippen molar-refractivity contribution in [2.75, 3.05) is 53.2 Å². The number of carbonyl (C=O) groups excluding carboxylic acids is 1. The summed E-state index contributed by atoms with van der Waals surface area (Å²) in [6.07, 6.45) is 1.34. The van der Waals surface area contributed by atoms with Gasteiger partial charge in [-0.2, -0.15) is 0 Å². The predicted octanol–water partition coefficient (Wildman–Crippen LogP) is 0.213. The summed E-state index contributed by atoms with van der Waals surface area (Å²) in [5.41, 5.74) is -0.0184. The Kier molecular flexibility index (Phi) is 4.96. The van der Waals surface area contributed by atoms with E-state index in [-0.39, 0.29) is 17.3 Å². The minimum absolute atomic E-state index is 0.0734. The second kappa shape index (κ2) is 6.96. The quantitative estimate of drug-likeness (QED) is 0.790. The average molecular weight is 325 g/mol. The lowest BCUT2D eigenvalue weighted by atomic mass is 9.99. The van der Waals surface area contributed by atoms with Crippen LogP contribution in [-0.4, -0.2) is 74.6 Å². The van der Waals surface area contributed by atoms with Crippen LogP contribution in [0.2, 0.25) is 0 Å². The van der Waals surface area contributed by atoms with Gasteiger partial charge < -0.3 is 23.9 Å². The third-order valence-corrected chi connectivity index (χ3v) is 4.35. The smallest absolute Gasteiger partial charge is 0.360 e. The predicted molar refractivity (Wildman–Crippen MR) is 80.2 cm³/mol. The Morgan fingerprint density at radius 2 is 2.22 bits per heavy atom.